The first-order valence-corrected chi connectivity index (χ1v) is 4.92. The largest absolute Gasteiger partial charge is 0.287 e. The molecular weight excluding hydrogens is 204 g/mol. The van der Waals surface area contributed by atoms with Gasteiger partial charge in [0.1, 0.15) is 5.69 Å². The molecule has 0 aliphatic carbocycles. The molecule has 2 rings (SSSR count). The monoisotopic (exact) mass is 216 g/mol. The van der Waals surface area contributed by atoms with Crippen molar-refractivity contribution in [3.8, 4) is 0 Å². The van der Waals surface area contributed by atoms with E-state index in [-0.39, 0.29) is 5.78 Å². The summed E-state index contributed by atoms with van der Waals surface area (Å²) in [5.74, 6) is -0.129. The van der Waals surface area contributed by atoms with Crippen LogP contribution < -0.4 is 0 Å². The Morgan fingerprint density at radius 3 is 2.56 bits per heavy atom. The Hall–Kier alpha value is -2.04. The van der Waals surface area contributed by atoms with Crippen LogP contribution in [-0.2, 0) is 7.05 Å². The standard InChI is InChI=1S/C11H12N4O/c1-7-10(8(2)15(3)14-7)11(16)9-6-12-4-5-13-9/h4-6H,1-3H3. The van der Waals surface area contributed by atoms with Crippen molar-refractivity contribution in [1.82, 2.24) is 19.7 Å². The average Bonchev–Trinajstić information content (AvgIpc) is 2.54. The van der Waals surface area contributed by atoms with Crippen LogP contribution in [0, 0.1) is 13.8 Å². The lowest BCUT2D eigenvalue weighted by atomic mass is 10.1. The van der Waals surface area contributed by atoms with Gasteiger partial charge in [-0.05, 0) is 13.8 Å². The van der Waals surface area contributed by atoms with Crippen molar-refractivity contribution >= 4 is 5.78 Å². The number of rotatable bonds is 2. The number of ketones is 1. The van der Waals surface area contributed by atoms with E-state index in [0.717, 1.165) is 11.4 Å². The summed E-state index contributed by atoms with van der Waals surface area (Å²) in [7, 11) is 1.82. The van der Waals surface area contributed by atoms with Crippen LogP contribution in [-0.4, -0.2) is 25.5 Å². The van der Waals surface area contributed by atoms with E-state index in [9.17, 15) is 4.79 Å². The quantitative estimate of drug-likeness (QED) is 0.704. The fourth-order valence-corrected chi connectivity index (χ4v) is 1.65. The van der Waals surface area contributed by atoms with Gasteiger partial charge in [0.2, 0.25) is 5.78 Å². The van der Waals surface area contributed by atoms with Crippen molar-refractivity contribution in [1.29, 1.82) is 0 Å². The van der Waals surface area contributed by atoms with E-state index in [1.807, 2.05) is 20.9 Å². The number of aryl methyl sites for hydroxylation is 2. The summed E-state index contributed by atoms with van der Waals surface area (Å²) >= 11 is 0. The van der Waals surface area contributed by atoms with E-state index >= 15 is 0 Å². The molecule has 2 aromatic rings. The lowest BCUT2D eigenvalue weighted by molar-refractivity contribution is 0.103. The fraction of sp³-hybridized carbons (Fsp3) is 0.273. The molecule has 0 fully saturated rings. The van der Waals surface area contributed by atoms with Gasteiger partial charge in [0.05, 0.1) is 17.5 Å². The van der Waals surface area contributed by atoms with Crippen LogP contribution in [0.25, 0.3) is 0 Å². The summed E-state index contributed by atoms with van der Waals surface area (Å²) in [6.45, 7) is 3.68. The molecule has 5 heteroatoms. The van der Waals surface area contributed by atoms with Crippen LogP contribution in [0.2, 0.25) is 0 Å². The second kappa shape index (κ2) is 3.84. The van der Waals surface area contributed by atoms with Crippen LogP contribution in [0.3, 0.4) is 0 Å². The number of hydrogen-bond acceptors (Lipinski definition) is 4. The Labute approximate surface area is 93.2 Å². The molecule has 0 amide bonds. The van der Waals surface area contributed by atoms with Crippen molar-refractivity contribution in [2.24, 2.45) is 7.05 Å². The second-order valence-electron chi connectivity index (χ2n) is 3.59. The molecule has 0 saturated carbocycles. The van der Waals surface area contributed by atoms with Crippen molar-refractivity contribution in [3.63, 3.8) is 0 Å². The molecule has 0 atom stereocenters. The molecule has 0 radical (unpaired) electrons. The molecule has 2 heterocycles. The highest BCUT2D eigenvalue weighted by Gasteiger charge is 2.19. The molecule has 2 aromatic heterocycles. The lowest BCUT2D eigenvalue weighted by Crippen LogP contribution is -2.07. The molecule has 82 valence electrons. The zero-order valence-corrected chi connectivity index (χ0v) is 9.43. The van der Waals surface area contributed by atoms with Gasteiger partial charge in [-0.2, -0.15) is 5.10 Å². The summed E-state index contributed by atoms with van der Waals surface area (Å²) in [5.41, 5.74) is 2.52. The predicted molar refractivity (Wildman–Crippen MR) is 58.1 cm³/mol. The molecule has 0 bridgehead atoms. The number of carbonyl (C=O) groups is 1. The van der Waals surface area contributed by atoms with Crippen LogP contribution in [0.15, 0.2) is 18.6 Å². The Bertz CT molecular complexity index is 530. The lowest BCUT2D eigenvalue weighted by Gasteiger charge is -1.99. The smallest absolute Gasteiger partial charge is 0.216 e. The van der Waals surface area contributed by atoms with Crippen LogP contribution in [0.1, 0.15) is 27.4 Å². The molecule has 16 heavy (non-hydrogen) atoms. The van der Waals surface area contributed by atoms with Crippen molar-refractivity contribution < 1.29 is 4.79 Å². The zero-order chi connectivity index (χ0) is 11.7. The molecule has 0 N–H and O–H groups in total. The van der Waals surface area contributed by atoms with Gasteiger partial charge in [0.25, 0.3) is 0 Å². The summed E-state index contributed by atoms with van der Waals surface area (Å²) in [6.07, 6.45) is 4.52. The molecule has 0 saturated heterocycles. The van der Waals surface area contributed by atoms with Gasteiger partial charge in [0, 0.05) is 25.1 Å². The minimum atomic E-state index is -0.129. The van der Waals surface area contributed by atoms with Gasteiger partial charge >= 0.3 is 0 Å². The van der Waals surface area contributed by atoms with E-state index in [0.29, 0.717) is 11.3 Å². The maximum Gasteiger partial charge on any atom is 0.216 e. The number of aromatic nitrogens is 4. The van der Waals surface area contributed by atoms with Crippen molar-refractivity contribution in [2.45, 2.75) is 13.8 Å². The highest BCUT2D eigenvalue weighted by atomic mass is 16.1. The normalized spacial score (nSPS) is 10.4. The zero-order valence-electron chi connectivity index (χ0n) is 9.43. The molecule has 5 nitrogen and oxygen atoms in total. The maximum absolute atomic E-state index is 12.1. The first kappa shape index (κ1) is 10.5. The first-order valence-electron chi connectivity index (χ1n) is 4.92. The number of carbonyl (C=O) groups excluding carboxylic acids is 1. The van der Waals surface area contributed by atoms with Gasteiger partial charge in [0.15, 0.2) is 0 Å². The van der Waals surface area contributed by atoms with Crippen molar-refractivity contribution in [2.75, 3.05) is 0 Å². The SMILES string of the molecule is Cc1nn(C)c(C)c1C(=O)c1cnccn1. The van der Waals surface area contributed by atoms with Gasteiger partial charge in [-0.15, -0.1) is 0 Å². The van der Waals surface area contributed by atoms with Crippen LogP contribution in [0.5, 0.6) is 0 Å². The second-order valence-corrected chi connectivity index (χ2v) is 3.59. The van der Waals surface area contributed by atoms with E-state index < -0.39 is 0 Å². The van der Waals surface area contributed by atoms with Gasteiger partial charge < -0.3 is 0 Å². The van der Waals surface area contributed by atoms with Crippen LogP contribution in [0.4, 0.5) is 0 Å². The van der Waals surface area contributed by atoms with Gasteiger partial charge in [-0.25, -0.2) is 4.98 Å². The van der Waals surface area contributed by atoms with Crippen molar-refractivity contribution in [3.05, 3.63) is 41.2 Å². The van der Waals surface area contributed by atoms with E-state index in [4.69, 9.17) is 0 Å². The Morgan fingerprint density at radius 1 is 1.31 bits per heavy atom. The minimum Gasteiger partial charge on any atom is -0.287 e. The maximum atomic E-state index is 12.1. The molecule has 0 spiro atoms. The molecule has 0 unspecified atom stereocenters. The third kappa shape index (κ3) is 1.60. The fourth-order valence-electron chi connectivity index (χ4n) is 1.65. The molecule has 0 aliphatic rings. The number of nitrogens with zero attached hydrogens (tertiary/aromatic N) is 4. The topological polar surface area (TPSA) is 60.7 Å². The average molecular weight is 216 g/mol. The van der Waals surface area contributed by atoms with Crippen LogP contribution >= 0.6 is 0 Å². The van der Waals surface area contributed by atoms with E-state index in [1.54, 1.807) is 10.9 Å². The molecule has 0 aliphatic heterocycles. The Morgan fingerprint density at radius 2 is 2.06 bits per heavy atom. The van der Waals surface area contributed by atoms with Gasteiger partial charge in [-0.3, -0.25) is 14.5 Å². The molecule has 0 aromatic carbocycles. The number of hydrogen-bond donors (Lipinski definition) is 0. The summed E-state index contributed by atoms with van der Waals surface area (Å²) in [6, 6.07) is 0. The Kier molecular flexibility index (Phi) is 2.52. The Balaban J connectivity index is 2.50. The first-order chi connectivity index (χ1) is 7.61. The van der Waals surface area contributed by atoms with E-state index in [2.05, 4.69) is 15.1 Å². The molecular formula is C11H12N4O. The highest BCUT2D eigenvalue weighted by molar-refractivity contribution is 6.08. The third-order valence-corrected chi connectivity index (χ3v) is 2.53. The summed E-state index contributed by atoms with van der Waals surface area (Å²) in [4.78, 5) is 20.0. The highest BCUT2D eigenvalue weighted by Crippen LogP contribution is 2.15. The minimum absolute atomic E-state index is 0.129. The summed E-state index contributed by atoms with van der Waals surface area (Å²) in [5, 5.41) is 4.20. The van der Waals surface area contributed by atoms with Gasteiger partial charge in [-0.1, -0.05) is 0 Å². The predicted octanol–water partition coefficient (Wildman–Crippen LogP) is 1.06. The van der Waals surface area contributed by atoms with E-state index in [1.165, 1.54) is 12.4 Å². The summed E-state index contributed by atoms with van der Waals surface area (Å²) < 4.78 is 1.69. The third-order valence-electron chi connectivity index (χ3n) is 2.53.